The third-order valence-corrected chi connectivity index (χ3v) is 3.73. The van der Waals surface area contributed by atoms with Crippen LogP contribution in [0.5, 0.6) is 0 Å². The van der Waals surface area contributed by atoms with Crippen molar-refractivity contribution in [1.82, 2.24) is 0 Å². The maximum atomic E-state index is 12.2. The highest BCUT2D eigenvalue weighted by Crippen LogP contribution is 2.16. The summed E-state index contributed by atoms with van der Waals surface area (Å²) in [5, 5.41) is 0. The molecule has 0 aromatic rings. The van der Waals surface area contributed by atoms with E-state index < -0.39 is 13.7 Å². The number of esters is 1. The number of nitrogens with zero attached hydrogens (tertiary/aromatic N) is 1. The molecule has 0 heterocycles. The van der Waals surface area contributed by atoms with Gasteiger partial charge in [0.1, 0.15) is 13.9 Å². The molecular weight excluding hydrogens is 277 g/mol. The highest BCUT2D eigenvalue weighted by Gasteiger charge is 2.23. The van der Waals surface area contributed by atoms with Crippen molar-refractivity contribution in [2.45, 2.75) is 19.8 Å². The number of unbranched alkanes of at least 4 members (excludes halogenated alkanes) is 1. The number of quaternary nitrogens is 1. The molecule has 116 valence electrons. The molecule has 5 nitrogen and oxygen atoms in total. The predicted octanol–water partition coefficient (Wildman–Crippen LogP) is 1.13. The third kappa shape index (κ3) is 10.1. The quantitative estimate of drug-likeness (QED) is 0.200. The van der Waals surface area contributed by atoms with Crippen LogP contribution < -0.4 is 4.89 Å². The lowest BCUT2D eigenvalue weighted by atomic mass is 10.4. The van der Waals surface area contributed by atoms with Crippen LogP contribution in [0.4, 0.5) is 0 Å². The molecule has 0 aliphatic carbocycles. The summed E-state index contributed by atoms with van der Waals surface area (Å²) in [5.74, 6) is -0.566. The molecule has 0 saturated carbocycles. The summed E-state index contributed by atoms with van der Waals surface area (Å²) in [6, 6.07) is 0. The molecule has 0 aromatic carbocycles. The summed E-state index contributed by atoms with van der Waals surface area (Å²) in [5.41, 5.74) is 0.316. The van der Waals surface area contributed by atoms with Gasteiger partial charge in [-0.1, -0.05) is 19.9 Å². The van der Waals surface area contributed by atoms with Gasteiger partial charge in [0.2, 0.25) is 0 Å². The maximum Gasteiger partial charge on any atom is 0.338 e. The monoisotopic (exact) mass is 304 g/mol. The van der Waals surface area contributed by atoms with Crippen molar-refractivity contribution in [3.05, 3.63) is 12.7 Å². The SMILES string of the molecule is C=CC(=O)OC(C[N+](C)(C)C)=[P+]([O-])CCOCCCC. The average molecular weight is 304 g/mol. The Labute approximate surface area is 123 Å². The van der Waals surface area contributed by atoms with Crippen LogP contribution in [-0.2, 0) is 14.3 Å². The lowest BCUT2D eigenvalue weighted by Gasteiger charge is -2.23. The fraction of sp³-hybridized carbons (Fsp3) is 0.714. The molecule has 20 heavy (non-hydrogen) atoms. The van der Waals surface area contributed by atoms with Gasteiger partial charge in [-0.25, -0.2) is 4.79 Å². The third-order valence-electron chi connectivity index (χ3n) is 2.35. The Hall–Kier alpha value is -0.740. The van der Waals surface area contributed by atoms with Gasteiger partial charge in [0.25, 0.3) is 0 Å². The normalized spacial score (nSPS) is 12.8. The van der Waals surface area contributed by atoms with Crippen LogP contribution in [0, 0.1) is 0 Å². The molecule has 0 fully saturated rings. The average Bonchev–Trinajstić information content (AvgIpc) is 2.35. The second kappa shape index (κ2) is 10.1. The van der Waals surface area contributed by atoms with Crippen molar-refractivity contribution in [1.29, 1.82) is 0 Å². The van der Waals surface area contributed by atoms with Gasteiger partial charge >= 0.3 is 11.4 Å². The Bertz CT molecular complexity index is 348. The van der Waals surface area contributed by atoms with E-state index in [2.05, 4.69) is 13.5 Å². The Morgan fingerprint density at radius 3 is 2.50 bits per heavy atom. The van der Waals surface area contributed by atoms with E-state index in [-0.39, 0.29) is 0 Å². The molecule has 0 bridgehead atoms. The fourth-order valence-electron chi connectivity index (χ4n) is 1.35. The molecule has 1 atom stereocenters. The Morgan fingerprint density at radius 1 is 1.35 bits per heavy atom. The van der Waals surface area contributed by atoms with Crippen LogP contribution in [-0.4, -0.2) is 63.0 Å². The summed E-state index contributed by atoms with van der Waals surface area (Å²) in [7, 11) is 4.11. The number of hydrogen-bond acceptors (Lipinski definition) is 4. The molecule has 0 N–H and O–H groups in total. The molecule has 0 radical (unpaired) electrons. The standard InChI is InChI=1S/C14H27NO4P/c1-6-8-9-18-10-11-20(17)14(12-15(3,4)5)19-13(16)7-2/h7H,2,6,8-12H2,1,3-5H3/q+1. The minimum absolute atomic E-state index is 0.316. The van der Waals surface area contributed by atoms with Crippen molar-refractivity contribution in [3.8, 4) is 0 Å². The Kier molecular flexibility index (Phi) is 9.68. The summed E-state index contributed by atoms with van der Waals surface area (Å²) in [6.07, 6.45) is 3.52. The predicted molar refractivity (Wildman–Crippen MR) is 81.7 cm³/mol. The lowest BCUT2D eigenvalue weighted by Crippen LogP contribution is -2.41. The molecule has 0 rings (SSSR count). The molecule has 0 spiro atoms. The van der Waals surface area contributed by atoms with Crippen LogP contribution in [0.3, 0.4) is 0 Å². The number of carbonyl (C=O) groups excluding carboxylic acids is 1. The van der Waals surface area contributed by atoms with Crippen LogP contribution in [0.2, 0.25) is 0 Å². The van der Waals surface area contributed by atoms with Crippen LogP contribution in [0.15, 0.2) is 12.7 Å². The van der Waals surface area contributed by atoms with Gasteiger partial charge in [-0.2, -0.15) is 0 Å². The molecule has 0 aromatic heterocycles. The largest absolute Gasteiger partial charge is 0.628 e. The molecular formula is C14H27NO4P+. The maximum absolute atomic E-state index is 12.2. The molecule has 1 unspecified atom stereocenters. The molecule has 6 heteroatoms. The van der Waals surface area contributed by atoms with Gasteiger partial charge in [-0.05, 0) is 6.42 Å². The van der Waals surface area contributed by atoms with Gasteiger partial charge < -0.3 is 18.9 Å². The molecule has 0 saturated heterocycles. The van der Waals surface area contributed by atoms with Crippen molar-refractivity contribution < 1.29 is 23.6 Å². The van der Waals surface area contributed by atoms with Gasteiger partial charge in [0.05, 0.1) is 27.7 Å². The van der Waals surface area contributed by atoms with Crippen molar-refractivity contribution >= 4 is 19.2 Å². The summed E-state index contributed by atoms with van der Waals surface area (Å²) in [6.45, 7) is 6.96. The van der Waals surface area contributed by atoms with E-state index in [1.807, 2.05) is 21.1 Å². The van der Waals surface area contributed by atoms with E-state index in [9.17, 15) is 9.69 Å². The lowest BCUT2D eigenvalue weighted by molar-refractivity contribution is -0.861. The minimum atomic E-state index is -1.73. The minimum Gasteiger partial charge on any atom is -0.628 e. The fourth-order valence-corrected chi connectivity index (χ4v) is 2.66. The summed E-state index contributed by atoms with van der Waals surface area (Å²) < 4.78 is 11.1. The topological polar surface area (TPSA) is 58.6 Å². The first kappa shape index (κ1) is 19.3. The van der Waals surface area contributed by atoms with E-state index in [1.54, 1.807) is 0 Å². The highest BCUT2D eigenvalue weighted by molar-refractivity contribution is 7.51. The van der Waals surface area contributed by atoms with Gasteiger partial charge in [0.15, 0.2) is 6.54 Å². The number of ether oxygens (including phenoxy) is 2. The van der Waals surface area contributed by atoms with E-state index in [4.69, 9.17) is 9.47 Å². The highest BCUT2D eigenvalue weighted by atomic mass is 31.1. The first-order valence-electron chi connectivity index (χ1n) is 6.83. The van der Waals surface area contributed by atoms with Crippen LogP contribution in [0.25, 0.3) is 0 Å². The van der Waals surface area contributed by atoms with Crippen molar-refractivity contribution in [2.24, 2.45) is 0 Å². The Balaban J connectivity index is 4.56. The summed E-state index contributed by atoms with van der Waals surface area (Å²) >= 11 is 0. The van der Waals surface area contributed by atoms with Crippen molar-refractivity contribution in [2.75, 3.05) is 47.1 Å². The first-order chi connectivity index (χ1) is 9.30. The zero-order valence-corrected chi connectivity index (χ0v) is 13.9. The summed E-state index contributed by atoms with van der Waals surface area (Å²) in [4.78, 5) is 23.5. The van der Waals surface area contributed by atoms with E-state index in [0.29, 0.717) is 35.9 Å². The van der Waals surface area contributed by atoms with Crippen LogP contribution >= 0.6 is 7.77 Å². The van der Waals surface area contributed by atoms with Crippen molar-refractivity contribution in [3.63, 3.8) is 0 Å². The molecule has 0 amide bonds. The van der Waals surface area contributed by atoms with Gasteiger partial charge in [-0.3, -0.25) is 0 Å². The van der Waals surface area contributed by atoms with E-state index in [0.717, 1.165) is 18.9 Å². The molecule has 0 aliphatic rings. The first-order valence-corrected chi connectivity index (χ1v) is 8.27. The Morgan fingerprint density at radius 2 is 2.00 bits per heavy atom. The van der Waals surface area contributed by atoms with E-state index >= 15 is 0 Å². The van der Waals surface area contributed by atoms with Gasteiger partial charge in [-0.15, -0.1) is 0 Å². The number of hydrogen-bond donors (Lipinski definition) is 0. The zero-order valence-electron chi connectivity index (χ0n) is 13.1. The second-order valence-electron chi connectivity index (χ2n) is 5.54. The second-order valence-corrected chi connectivity index (χ2v) is 7.24. The molecule has 0 aliphatic heterocycles. The smallest absolute Gasteiger partial charge is 0.338 e. The van der Waals surface area contributed by atoms with Gasteiger partial charge in [0, 0.05) is 12.7 Å². The number of rotatable bonds is 10. The zero-order chi connectivity index (χ0) is 15.6. The number of carbonyl (C=O) groups is 1. The van der Waals surface area contributed by atoms with Crippen LogP contribution in [0.1, 0.15) is 19.8 Å². The number of likely N-dealkylation sites (N-methyl/N-ethyl adjacent to an activating group) is 1. The van der Waals surface area contributed by atoms with E-state index in [1.165, 1.54) is 0 Å².